The predicted octanol–water partition coefficient (Wildman–Crippen LogP) is 4.14. The van der Waals surface area contributed by atoms with Gasteiger partial charge in [0, 0.05) is 27.7 Å². The van der Waals surface area contributed by atoms with E-state index in [0.29, 0.717) is 5.56 Å². The normalized spacial score (nSPS) is 12.9. The van der Waals surface area contributed by atoms with Crippen molar-refractivity contribution >= 4 is 35.1 Å². The van der Waals surface area contributed by atoms with Crippen LogP contribution in [0.15, 0.2) is 88.0 Å². The summed E-state index contributed by atoms with van der Waals surface area (Å²) in [7, 11) is 0. The van der Waals surface area contributed by atoms with Crippen molar-refractivity contribution in [1.82, 2.24) is 4.98 Å². The summed E-state index contributed by atoms with van der Waals surface area (Å²) in [5.74, 6) is 0.0828. The molecule has 1 aromatic heterocycles. The molecule has 0 unspecified atom stereocenters. The SMILES string of the molecule is NC(=NOC(=O)N1c2ccccc2Sc2ccccc21)c1cccnc1. The van der Waals surface area contributed by atoms with Gasteiger partial charge in [0.15, 0.2) is 5.84 Å². The van der Waals surface area contributed by atoms with E-state index < -0.39 is 6.09 Å². The Hall–Kier alpha value is -3.32. The maximum absolute atomic E-state index is 12.8. The molecule has 4 rings (SSSR count). The van der Waals surface area contributed by atoms with Crippen LogP contribution in [-0.2, 0) is 4.84 Å². The molecule has 3 aromatic rings. The molecule has 2 aromatic carbocycles. The molecule has 0 radical (unpaired) electrons. The molecule has 1 aliphatic heterocycles. The molecule has 0 bridgehead atoms. The number of nitrogens with zero attached hydrogens (tertiary/aromatic N) is 3. The summed E-state index contributed by atoms with van der Waals surface area (Å²) < 4.78 is 0. The summed E-state index contributed by atoms with van der Waals surface area (Å²) >= 11 is 1.61. The Morgan fingerprint density at radius 1 is 1.00 bits per heavy atom. The molecular formula is C19H14N4O2S. The first-order valence-corrected chi connectivity index (χ1v) is 8.66. The number of amides is 1. The van der Waals surface area contributed by atoms with E-state index in [2.05, 4.69) is 10.1 Å². The van der Waals surface area contributed by atoms with Gasteiger partial charge in [-0.3, -0.25) is 9.82 Å². The highest BCUT2D eigenvalue weighted by molar-refractivity contribution is 7.99. The maximum Gasteiger partial charge on any atom is 0.445 e. The summed E-state index contributed by atoms with van der Waals surface area (Å²) in [6, 6.07) is 18.7. The van der Waals surface area contributed by atoms with Gasteiger partial charge in [0.2, 0.25) is 0 Å². The van der Waals surface area contributed by atoms with Crippen molar-refractivity contribution in [2.75, 3.05) is 4.90 Å². The fourth-order valence-electron chi connectivity index (χ4n) is 2.60. The maximum atomic E-state index is 12.8. The molecule has 0 aliphatic carbocycles. The second kappa shape index (κ2) is 6.89. The van der Waals surface area contributed by atoms with Gasteiger partial charge in [-0.2, -0.15) is 0 Å². The number of hydrogen-bond donors (Lipinski definition) is 1. The summed E-state index contributed by atoms with van der Waals surface area (Å²) in [6.45, 7) is 0. The van der Waals surface area contributed by atoms with Crippen LogP contribution in [0, 0.1) is 0 Å². The lowest BCUT2D eigenvalue weighted by Crippen LogP contribution is -2.28. The fraction of sp³-hybridized carbons (Fsp3) is 0. The second-order valence-corrected chi connectivity index (χ2v) is 6.53. The van der Waals surface area contributed by atoms with Gasteiger partial charge >= 0.3 is 6.09 Å². The number of para-hydroxylation sites is 2. The van der Waals surface area contributed by atoms with E-state index in [-0.39, 0.29) is 5.84 Å². The van der Waals surface area contributed by atoms with Gasteiger partial charge in [0.25, 0.3) is 0 Å². The van der Waals surface area contributed by atoms with Crippen molar-refractivity contribution in [3.63, 3.8) is 0 Å². The number of oxime groups is 1. The van der Waals surface area contributed by atoms with Crippen molar-refractivity contribution in [3.05, 3.63) is 78.6 Å². The first-order chi connectivity index (χ1) is 12.7. The Morgan fingerprint density at radius 2 is 1.65 bits per heavy atom. The summed E-state index contributed by atoms with van der Waals surface area (Å²) in [4.78, 5) is 25.3. The number of aromatic nitrogens is 1. The van der Waals surface area contributed by atoms with E-state index in [1.165, 1.54) is 4.90 Å². The minimum absolute atomic E-state index is 0.0828. The van der Waals surface area contributed by atoms with Gasteiger partial charge in [0.05, 0.1) is 11.4 Å². The van der Waals surface area contributed by atoms with Crippen molar-refractivity contribution in [2.24, 2.45) is 10.9 Å². The second-order valence-electron chi connectivity index (χ2n) is 5.45. The van der Waals surface area contributed by atoms with Crippen molar-refractivity contribution in [2.45, 2.75) is 9.79 Å². The number of benzene rings is 2. The zero-order valence-corrected chi connectivity index (χ0v) is 14.4. The smallest absolute Gasteiger partial charge is 0.380 e. The van der Waals surface area contributed by atoms with E-state index in [1.54, 1.807) is 36.3 Å². The number of carbonyl (C=O) groups is 1. The molecule has 0 fully saturated rings. The van der Waals surface area contributed by atoms with Crippen LogP contribution in [0.5, 0.6) is 0 Å². The van der Waals surface area contributed by atoms with Gasteiger partial charge in [-0.25, -0.2) is 9.69 Å². The number of amidine groups is 1. The van der Waals surface area contributed by atoms with Crippen LogP contribution in [0.2, 0.25) is 0 Å². The van der Waals surface area contributed by atoms with Gasteiger partial charge in [-0.1, -0.05) is 41.2 Å². The monoisotopic (exact) mass is 362 g/mol. The van der Waals surface area contributed by atoms with E-state index >= 15 is 0 Å². The largest absolute Gasteiger partial charge is 0.445 e. The lowest BCUT2D eigenvalue weighted by atomic mass is 10.2. The Balaban J connectivity index is 1.66. The third-order valence-corrected chi connectivity index (χ3v) is 4.92. The average molecular weight is 362 g/mol. The van der Waals surface area contributed by atoms with Crippen LogP contribution in [0.1, 0.15) is 5.56 Å². The zero-order chi connectivity index (χ0) is 17.9. The third-order valence-electron chi connectivity index (χ3n) is 3.79. The molecule has 0 atom stereocenters. The quantitative estimate of drug-likeness (QED) is 0.321. The number of fused-ring (bicyclic) bond motifs is 2. The summed E-state index contributed by atoms with van der Waals surface area (Å²) in [6.07, 6.45) is 2.55. The van der Waals surface area contributed by atoms with Gasteiger partial charge in [-0.15, -0.1) is 0 Å². The van der Waals surface area contributed by atoms with Crippen molar-refractivity contribution in [1.29, 1.82) is 0 Å². The molecule has 26 heavy (non-hydrogen) atoms. The average Bonchev–Trinajstić information content (AvgIpc) is 2.70. The van der Waals surface area contributed by atoms with Crippen LogP contribution in [0.3, 0.4) is 0 Å². The number of anilines is 2. The molecular weight excluding hydrogens is 348 g/mol. The van der Waals surface area contributed by atoms with E-state index in [1.807, 2.05) is 48.5 Å². The van der Waals surface area contributed by atoms with Crippen LogP contribution >= 0.6 is 11.8 Å². The Kier molecular flexibility index (Phi) is 4.28. The Morgan fingerprint density at radius 3 is 2.27 bits per heavy atom. The Bertz CT molecular complexity index is 946. The molecule has 6 nitrogen and oxygen atoms in total. The molecule has 1 amide bonds. The molecule has 0 spiro atoms. The summed E-state index contributed by atoms with van der Waals surface area (Å²) in [5, 5.41) is 3.77. The third kappa shape index (κ3) is 3.00. The van der Waals surface area contributed by atoms with E-state index in [9.17, 15) is 4.79 Å². The molecule has 2 N–H and O–H groups in total. The minimum atomic E-state index is -0.628. The molecule has 1 aliphatic rings. The highest BCUT2D eigenvalue weighted by Gasteiger charge is 2.29. The van der Waals surface area contributed by atoms with Crippen LogP contribution in [-0.4, -0.2) is 16.9 Å². The lowest BCUT2D eigenvalue weighted by molar-refractivity contribution is 0.161. The highest BCUT2D eigenvalue weighted by Crippen LogP contribution is 2.48. The number of hydrogen-bond acceptors (Lipinski definition) is 5. The summed E-state index contributed by atoms with van der Waals surface area (Å²) in [5.41, 5.74) is 7.94. The van der Waals surface area contributed by atoms with Crippen molar-refractivity contribution < 1.29 is 9.63 Å². The molecule has 2 heterocycles. The topological polar surface area (TPSA) is 80.8 Å². The fourth-order valence-corrected chi connectivity index (χ4v) is 3.66. The zero-order valence-electron chi connectivity index (χ0n) is 13.6. The first-order valence-electron chi connectivity index (χ1n) is 7.85. The number of carbonyl (C=O) groups excluding carboxylic acids is 1. The van der Waals surface area contributed by atoms with Crippen molar-refractivity contribution in [3.8, 4) is 0 Å². The number of pyridine rings is 1. The molecule has 7 heteroatoms. The predicted molar refractivity (Wildman–Crippen MR) is 101 cm³/mol. The molecule has 0 saturated carbocycles. The van der Waals surface area contributed by atoms with Gasteiger partial charge < -0.3 is 5.73 Å². The van der Waals surface area contributed by atoms with E-state index in [4.69, 9.17) is 10.6 Å². The Labute approximate surface area is 154 Å². The number of nitrogens with two attached hydrogens (primary N) is 1. The van der Waals surface area contributed by atoms with Gasteiger partial charge in [-0.05, 0) is 36.4 Å². The van der Waals surface area contributed by atoms with Crippen LogP contribution in [0.25, 0.3) is 0 Å². The number of rotatable bonds is 2. The van der Waals surface area contributed by atoms with Crippen LogP contribution < -0.4 is 10.6 Å². The first kappa shape index (κ1) is 16.2. The van der Waals surface area contributed by atoms with Crippen LogP contribution in [0.4, 0.5) is 16.2 Å². The van der Waals surface area contributed by atoms with Gasteiger partial charge in [0.1, 0.15) is 0 Å². The standard InChI is InChI=1S/C19H14N4O2S/c20-18(13-6-5-11-21-12-13)22-25-19(24)23-14-7-1-3-9-16(14)26-17-10-4-2-8-15(17)23/h1-12H,(H2,20,22). The van der Waals surface area contributed by atoms with E-state index in [0.717, 1.165) is 21.2 Å². The molecule has 128 valence electrons. The lowest BCUT2D eigenvalue weighted by Gasteiger charge is -2.29. The molecule has 0 saturated heterocycles. The highest BCUT2D eigenvalue weighted by atomic mass is 32.2. The minimum Gasteiger partial charge on any atom is -0.380 e.